The largest absolute Gasteiger partial charge is 1.00 e. The first-order chi connectivity index (χ1) is 7.88. The van der Waals surface area contributed by atoms with Gasteiger partial charge in [0.15, 0.2) is 0 Å². The van der Waals surface area contributed by atoms with Gasteiger partial charge in [0, 0.05) is 6.04 Å². The predicted octanol–water partition coefficient (Wildman–Crippen LogP) is -0.816. The van der Waals surface area contributed by atoms with Gasteiger partial charge in [0.2, 0.25) is 0 Å². The molecule has 1 fully saturated rings. The van der Waals surface area contributed by atoms with Gasteiger partial charge in [-0.25, -0.2) is 0 Å². The molecule has 0 spiro atoms. The summed E-state index contributed by atoms with van der Waals surface area (Å²) in [5, 5.41) is 3.62. The molecule has 0 saturated carbocycles. The first kappa shape index (κ1) is 15.9. The minimum absolute atomic E-state index is 0. The fourth-order valence-electron chi connectivity index (χ4n) is 2.87. The van der Waals surface area contributed by atoms with Gasteiger partial charge in [-0.3, -0.25) is 0 Å². The molecule has 2 aliphatic rings. The fourth-order valence-corrected chi connectivity index (χ4v) is 2.87. The quantitative estimate of drug-likeness (QED) is 0.689. The van der Waals surface area contributed by atoms with Crippen LogP contribution in [0.5, 0.6) is 0 Å². The van der Waals surface area contributed by atoms with Crippen LogP contribution in [0, 0.1) is 0 Å². The smallest absolute Gasteiger partial charge is 1.00 e. The van der Waals surface area contributed by atoms with Crippen molar-refractivity contribution < 1.29 is 23.5 Å². The summed E-state index contributed by atoms with van der Waals surface area (Å²) in [6.45, 7) is 2.23. The number of hydrogen-bond donors (Lipinski definition) is 1. The third kappa shape index (κ3) is 2.88. The Morgan fingerprint density at radius 2 is 2.17 bits per heavy atom. The number of hydrogen-bond acceptors (Lipinski definition) is 2. The fraction of sp³-hybridized carbons (Fsp3) is 0.538. The van der Waals surface area contributed by atoms with E-state index in [4.69, 9.17) is 4.65 Å². The van der Waals surface area contributed by atoms with E-state index >= 15 is 0 Å². The van der Waals surface area contributed by atoms with E-state index in [1.807, 2.05) is 0 Å². The van der Waals surface area contributed by atoms with Crippen LogP contribution in [-0.4, -0.2) is 21.6 Å². The molecule has 1 aromatic carbocycles. The molecular formula is C13H18B2LiNO. The maximum atomic E-state index is 6.06. The van der Waals surface area contributed by atoms with Gasteiger partial charge in [-0.1, -0.05) is 44.0 Å². The van der Waals surface area contributed by atoms with Gasteiger partial charge in [0.05, 0.1) is 6.10 Å². The van der Waals surface area contributed by atoms with Crippen molar-refractivity contribution in [2.24, 2.45) is 0 Å². The molecule has 88 valence electrons. The molecule has 1 aliphatic carbocycles. The van der Waals surface area contributed by atoms with E-state index in [1.54, 1.807) is 0 Å². The molecule has 0 aromatic heterocycles. The molecule has 1 N–H and O–H groups in total. The second-order valence-corrected chi connectivity index (χ2v) is 4.85. The van der Waals surface area contributed by atoms with Gasteiger partial charge >= 0.3 is 25.9 Å². The zero-order valence-corrected chi connectivity index (χ0v) is 11.4. The Balaban J connectivity index is 0.000000810. The van der Waals surface area contributed by atoms with Gasteiger partial charge < -0.3 is 18.3 Å². The molecule has 1 saturated heterocycles. The van der Waals surface area contributed by atoms with E-state index < -0.39 is 0 Å². The van der Waals surface area contributed by atoms with Crippen LogP contribution in [0.4, 0.5) is 0 Å². The van der Waals surface area contributed by atoms with Crippen LogP contribution in [0.3, 0.4) is 0 Å². The van der Waals surface area contributed by atoms with E-state index in [0.717, 1.165) is 12.7 Å². The molecule has 2 nitrogen and oxygen atoms in total. The SMILES string of the molecule is CCCCB1NC2c3ccccc3CC2O1.[B-].[Li+]. The van der Waals surface area contributed by atoms with Crippen molar-refractivity contribution in [1.82, 2.24) is 5.23 Å². The zero-order chi connectivity index (χ0) is 11.0. The van der Waals surface area contributed by atoms with Crippen molar-refractivity contribution in [2.45, 2.75) is 44.7 Å². The van der Waals surface area contributed by atoms with E-state index in [2.05, 4.69) is 36.4 Å². The Morgan fingerprint density at radius 1 is 1.39 bits per heavy atom. The third-order valence-electron chi connectivity index (χ3n) is 3.71. The van der Waals surface area contributed by atoms with Crippen LogP contribution in [0.1, 0.15) is 36.9 Å². The van der Waals surface area contributed by atoms with Crippen LogP contribution < -0.4 is 24.1 Å². The van der Waals surface area contributed by atoms with Crippen LogP contribution in [0.2, 0.25) is 6.32 Å². The zero-order valence-electron chi connectivity index (χ0n) is 11.4. The standard InChI is InChI=1S/C13H18BNO.B.Li/c1-2-3-8-14-15-13-11-7-5-4-6-10(11)9-12(13)16-14;;/h4-7,12-13,15H,2-3,8-9H2,1H3;;/q;-1;+1. The number of benzene rings is 1. The Hall–Kier alpha value is -0.133. The third-order valence-corrected chi connectivity index (χ3v) is 3.71. The van der Waals surface area contributed by atoms with E-state index in [9.17, 15) is 0 Å². The Morgan fingerprint density at radius 3 is 2.94 bits per heavy atom. The average Bonchev–Trinajstić information content (AvgIpc) is 2.83. The molecule has 2 unspecified atom stereocenters. The normalized spacial score (nSPS) is 23.9. The molecule has 5 heteroatoms. The van der Waals surface area contributed by atoms with E-state index in [1.165, 1.54) is 24.0 Å². The maximum Gasteiger partial charge on any atom is 1.00 e. The van der Waals surface area contributed by atoms with Crippen molar-refractivity contribution in [1.29, 1.82) is 0 Å². The number of fused-ring (bicyclic) bond motifs is 3. The Bertz CT molecular complexity index is 391. The molecule has 0 bridgehead atoms. The van der Waals surface area contributed by atoms with Crippen LogP contribution >= 0.6 is 0 Å². The van der Waals surface area contributed by atoms with Crippen LogP contribution in [-0.2, 0) is 11.1 Å². The second-order valence-electron chi connectivity index (χ2n) is 4.85. The Kier molecular flexibility index (Phi) is 6.08. The van der Waals surface area contributed by atoms with Gasteiger partial charge in [0.1, 0.15) is 0 Å². The summed E-state index contributed by atoms with van der Waals surface area (Å²) < 4.78 is 6.06. The van der Waals surface area contributed by atoms with Gasteiger partial charge in [-0.2, -0.15) is 0 Å². The van der Waals surface area contributed by atoms with Crippen LogP contribution in [0.15, 0.2) is 24.3 Å². The molecule has 1 aromatic rings. The van der Waals surface area contributed by atoms with E-state index in [0.29, 0.717) is 12.1 Å². The molecule has 4 radical (unpaired) electrons. The second kappa shape index (κ2) is 6.87. The summed E-state index contributed by atoms with van der Waals surface area (Å²) in [4.78, 5) is 0. The summed E-state index contributed by atoms with van der Waals surface area (Å²) in [7, 11) is 0.281. The summed E-state index contributed by atoms with van der Waals surface area (Å²) in [5.41, 5.74) is 2.91. The molecule has 3 rings (SSSR count). The molecule has 1 heterocycles. The predicted molar refractivity (Wildman–Crippen MR) is 72.1 cm³/mol. The van der Waals surface area contributed by atoms with Crippen molar-refractivity contribution in [3.8, 4) is 0 Å². The summed E-state index contributed by atoms with van der Waals surface area (Å²) in [6.07, 6.45) is 5.09. The topological polar surface area (TPSA) is 21.3 Å². The summed E-state index contributed by atoms with van der Waals surface area (Å²) in [6, 6.07) is 9.15. The number of unbranched alkanes of at least 4 members (excludes halogenated alkanes) is 1. The molecule has 1 aliphatic heterocycles. The average molecular weight is 233 g/mol. The van der Waals surface area contributed by atoms with Gasteiger partial charge in [-0.15, -0.1) is 0 Å². The van der Waals surface area contributed by atoms with Gasteiger partial charge in [-0.05, 0) is 23.9 Å². The number of rotatable bonds is 3. The summed E-state index contributed by atoms with van der Waals surface area (Å²) in [5.74, 6) is 0. The molecule has 0 amide bonds. The van der Waals surface area contributed by atoms with Crippen molar-refractivity contribution in [3.05, 3.63) is 35.4 Å². The molecular weight excluding hydrogens is 215 g/mol. The van der Waals surface area contributed by atoms with E-state index in [-0.39, 0.29) is 34.3 Å². The Labute approximate surface area is 124 Å². The van der Waals surface area contributed by atoms with Gasteiger partial charge in [0.25, 0.3) is 0 Å². The van der Waals surface area contributed by atoms with Crippen molar-refractivity contribution in [2.75, 3.05) is 0 Å². The first-order valence-corrected chi connectivity index (χ1v) is 6.38. The minimum atomic E-state index is 0. The van der Waals surface area contributed by atoms with Crippen molar-refractivity contribution >= 4 is 15.5 Å². The first-order valence-electron chi connectivity index (χ1n) is 6.38. The van der Waals surface area contributed by atoms with Crippen molar-refractivity contribution in [3.63, 3.8) is 0 Å². The monoisotopic (exact) mass is 233 g/mol. The molecule has 2 atom stereocenters. The molecule has 18 heavy (non-hydrogen) atoms. The summed E-state index contributed by atoms with van der Waals surface area (Å²) >= 11 is 0. The minimum Gasteiger partial charge on any atom is -1.00 e. The number of nitrogens with one attached hydrogen (secondary N) is 1. The van der Waals surface area contributed by atoms with Crippen LogP contribution in [0.25, 0.3) is 0 Å². The maximum absolute atomic E-state index is 6.06.